The van der Waals surface area contributed by atoms with Crippen molar-refractivity contribution in [3.63, 3.8) is 0 Å². The molecule has 0 atom stereocenters. The Balaban J connectivity index is 1.28. The van der Waals surface area contributed by atoms with E-state index < -0.39 is 0 Å². The summed E-state index contributed by atoms with van der Waals surface area (Å²) in [6.45, 7) is 5.92. The maximum Gasteiger partial charge on any atom is 0.260 e. The van der Waals surface area contributed by atoms with Gasteiger partial charge in [0.05, 0.1) is 20.3 Å². The number of amides is 2. The quantitative estimate of drug-likeness (QED) is 0.610. The average Bonchev–Trinajstić information content (AvgIpc) is 3.40. The molecule has 2 aliphatic rings. The lowest BCUT2D eigenvalue weighted by molar-refractivity contribution is -0.137. The topological polar surface area (TPSA) is 80.3 Å². The van der Waals surface area contributed by atoms with Crippen LogP contribution in [-0.4, -0.2) is 74.7 Å². The van der Waals surface area contributed by atoms with Gasteiger partial charge in [0.25, 0.3) is 11.8 Å². The Kier molecular flexibility index (Phi) is 8.38. The van der Waals surface area contributed by atoms with Gasteiger partial charge in [-0.2, -0.15) is 0 Å². The highest BCUT2D eigenvalue weighted by atomic mass is 16.5. The maximum atomic E-state index is 12.7. The molecule has 0 saturated carbocycles. The van der Waals surface area contributed by atoms with Crippen LogP contribution in [0.1, 0.15) is 34.3 Å². The van der Waals surface area contributed by atoms with Crippen molar-refractivity contribution >= 4 is 11.8 Å². The zero-order valence-electron chi connectivity index (χ0n) is 19.8. The third-order valence-electron chi connectivity index (χ3n) is 6.22. The van der Waals surface area contributed by atoms with Crippen LogP contribution in [0.4, 0.5) is 0 Å². The second-order valence-corrected chi connectivity index (χ2v) is 8.63. The molecule has 182 valence electrons. The Morgan fingerprint density at radius 3 is 2.35 bits per heavy atom. The van der Waals surface area contributed by atoms with Crippen molar-refractivity contribution in [2.24, 2.45) is 0 Å². The minimum absolute atomic E-state index is 0.0876. The van der Waals surface area contributed by atoms with Gasteiger partial charge in [-0.1, -0.05) is 24.3 Å². The highest BCUT2D eigenvalue weighted by molar-refractivity contribution is 5.94. The summed E-state index contributed by atoms with van der Waals surface area (Å²) < 4.78 is 16.3. The molecule has 2 saturated heterocycles. The summed E-state index contributed by atoms with van der Waals surface area (Å²) in [5.74, 6) is 0.539. The van der Waals surface area contributed by atoms with E-state index in [0.717, 1.165) is 12.1 Å². The van der Waals surface area contributed by atoms with Crippen molar-refractivity contribution < 1.29 is 23.8 Å². The first-order valence-corrected chi connectivity index (χ1v) is 11.9. The van der Waals surface area contributed by atoms with Gasteiger partial charge in [-0.15, -0.1) is 0 Å². The number of carbonyl (C=O) groups is 2. The Morgan fingerprint density at radius 2 is 1.65 bits per heavy atom. The third kappa shape index (κ3) is 6.48. The number of nitrogens with one attached hydrogen (secondary N) is 1. The number of hydrogen-bond donors (Lipinski definition) is 1. The summed E-state index contributed by atoms with van der Waals surface area (Å²) in [7, 11) is 1.51. The molecule has 1 N–H and O–H groups in total. The van der Waals surface area contributed by atoms with Crippen molar-refractivity contribution in [3.05, 3.63) is 59.2 Å². The molecule has 2 aromatic carbocycles. The van der Waals surface area contributed by atoms with E-state index in [0.29, 0.717) is 49.9 Å². The largest absolute Gasteiger partial charge is 0.493 e. The van der Waals surface area contributed by atoms with Crippen LogP contribution >= 0.6 is 0 Å². The van der Waals surface area contributed by atoms with E-state index in [9.17, 15) is 9.59 Å². The van der Waals surface area contributed by atoms with Crippen LogP contribution in [0.25, 0.3) is 0 Å². The van der Waals surface area contributed by atoms with Crippen molar-refractivity contribution in [2.45, 2.75) is 25.9 Å². The monoisotopic (exact) mass is 467 g/mol. The second kappa shape index (κ2) is 11.9. The molecule has 8 heteroatoms. The zero-order chi connectivity index (χ0) is 23.8. The first kappa shape index (κ1) is 24.0. The smallest absolute Gasteiger partial charge is 0.260 e. The summed E-state index contributed by atoms with van der Waals surface area (Å²) >= 11 is 0. The van der Waals surface area contributed by atoms with Crippen molar-refractivity contribution in [2.75, 3.05) is 53.1 Å². The van der Waals surface area contributed by atoms with E-state index in [1.54, 1.807) is 23.1 Å². The van der Waals surface area contributed by atoms with E-state index in [1.165, 1.54) is 38.6 Å². The molecule has 0 unspecified atom stereocenters. The van der Waals surface area contributed by atoms with Gasteiger partial charge in [-0.25, -0.2) is 0 Å². The van der Waals surface area contributed by atoms with E-state index in [1.807, 2.05) is 0 Å². The fourth-order valence-electron chi connectivity index (χ4n) is 4.22. The number of ether oxygens (including phenoxy) is 3. The van der Waals surface area contributed by atoms with E-state index in [2.05, 4.69) is 34.5 Å². The molecular formula is C26H33N3O5. The number of morpholine rings is 1. The highest BCUT2D eigenvalue weighted by Gasteiger charge is 2.18. The molecule has 4 rings (SSSR count). The normalized spacial score (nSPS) is 16.3. The molecule has 0 aromatic heterocycles. The van der Waals surface area contributed by atoms with Gasteiger partial charge in [0.15, 0.2) is 18.1 Å². The van der Waals surface area contributed by atoms with Crippen LogP contribution < -0.4 is 14.8 Å². The van der Waals surface area contributed by atoms with Crippen LogP contribution in [0.15, 0.2) is 42.5 Å². The van der Waals surface area contributed by atoms with Crippen LogP contribution in [0.3, 0.4) is 0 Å². The molecule has 34 heavy (non-hydrogen) atoms. The lowest BCUT2D eigenvalue weighted by Gasteiger charge is -2.26. The Labute approximate surface area is 200 Å². The maximum absolute atomic E-state index is 12.7. The van der Waals surface area contributed by atoms with Gasteiger partial charge in [0.1, 0.15) is 0 Å². The van der Waals surface area contributed by atoms with Crippen LogP contribution in [-0.2, 0) is 22.6 Å². The molecular weight excluding hydrogens is 434 g/mol. The first-order valence-electron chi connectivity index (χ1n) is 11.9. The van der Waals surface area contributed by atoms with E-state index in [-0.39, 0.29) is 18.4 Å². The number of benzene rings is 2. The molecule has 2 heterocycles. The Morgan fingerprint density at radius 1 is 0.941 bits per heavy atom. The molecule has 0 aliphatic carbocycles. The number of hydrogen-bond acceptors (Lipinski definition) is 6. The standard InChI is InChI=1S/C26H33N3O5/c1-32-24-16-22(8-9-23(24)34-19-25(30)29-12-14-33-15-13-29)26(31)27-17-20-4-6-21(7-5-20)18-28-10-2-3-11-28/h4-9,16H,2-3,10-15,17-19H2,1H3,(H,27,31). The van der Waals surface area contributed by atoms with Gasteiger partial charge in [0.2, 0.25) is 0 Å². The molecule has 8 nitrogen and oxygen atoms in total. The lowest BCUT2D eigenvalue weighted by Crippen LogP contribution is -2.43. The third-order valence-corrected chi connectivity index (χ3v) is 6.22. The molecule has 0 bridgehead atoms. The first-order chi connectivity index (χ1) is 16.6. The van der Waals surface area contributed by atoms with E-state index >= 15 is 0 Å². The molecule has 2 amide bonds. The second-order valence-electron chi connectivity index (χ2n) is 8.63. The minimum atomic E-state index is -0.199. The lowest BCUT2D eigenvalue weighted by atomic mass is 10.1. The van der Waals surface area contributed by atoms with Crippen LogP contribution in [0.5, 0.6) is 11.5 Å². The molecule has 2 fully saturated rings. The van der Waals surface area contributed by atoms with Gasteiger partial charge in [0, 0.05) is 31.7 Å². The van der Waals surface area contributed by atoms with Crippen molar-refractivity contribution in [1.29, 1.82) is 0 Å². The average molecular weight is 468 g/mol. The minimum Gasteiger partial charge on any atom is -0.493 e. The number of methoxy groups -OCH3 is 1. The van der Waals surface area contributed by atoms with Gasteiger partial charge in [-0.05, 0) is 55.3 Å². The van der Waals surface area contributed by atoms with Crippen LogP contribution in [0, 0.1) is 0 Å². The zero-order valence-corrected chi connectivity index (χ0v) is 19.8. The van der Waals surface area contributed by atoms with Gasteiger partial charge in [-0.3, -0.25) is 14.5 Å². The number of rotatable bonds is 9. The predicted octanol–water partition coefficient (Wildman–Crippen LogP) is 2.46. The summed E-state index contributed by atoms with van der Waals surface area (Å²) in [6.07, 6.45) is 2.57. The molecule has 2 aliphatic heterocycles. The van der Waals surface area contributed by atoms with Crippen LogP contribution in [0.2, 0.25) is 0 Å². The number of nitrogens with zero attached hydrogens (tertiary/aromatic N) is 2. The van der Waals surface area contributed by atoms with Gasteiger partial charge < -0.3 is 24.4 Å². The highest BCUT2D eigenvalue weighted by Crippen LogP contribution is 2.28. The number of likely N-dealkylation sites (tertiary alicyclic amines) is 1. The van der Waals surface area contributed by atoms with Crippen molar-refractivity contribution in [1.82, 2.24) is 15.1 Å². The molecule has 0 radical (unpaired) electrons. The summed E-state index contributed by atoms with van der Waals surface area (Å²) in [6, 6.07) is 13.4. The Bertz CT molecular complexity index is 967. The Hall–Kier alpha value is -3.10. The number of carbonyl (C=O) groups excluding carboxylic acids is 2. The summed E-state index contributed by atoms with van der Waals surface area (Å²) in [5, 5.41) is 2.95. The van der Waals surface area contributed by atoms with Crippen molar-refractivity contribution in [3.8, 4) is 11.5 Å². The van der Waals surface area contributed by atoms with E-state index in [4.69, 9.17) is 14.2 Å². The summed E-state index contributed by atoms with van der Waals surface area (Å²) in [4.78, 5) is 29.2. The van der Waals surface area contributed by atoms with Gasteiger partial charge >= 0.3 is 0 Å². The SMILES string of the molecule is COc1cc(C(=O)NCc2ccc(CN3CCCC3)cc2)ccc1OCC(=O)N1CCOCC1. The molecule has 0 spiro atoms. The fourth-order valence-corrected chi connectivity index (χ4v) is 4.22. The fraction of sp³-hybridized carbons (Fsp3) is 0.462. The summed E-state index contributed by atoms with van der Waals surface area (Å²) in [5.41, 5.74) is 2.81. The molecule has 2 aromatic rings. The predicted molar refractivity (Wildman–Crippen MR) is 128 cm³/mol.